The Balaban J connectivity index is 1.95. The van der Waals surface area contributed by atoms with Crippen molar-refractivity contribution in [2.45, 2.75) is 45.6 Å². The molecule has 1 unspecified atom stereocenters. The molecule has 1 saturated carbocycles. The molecule has 1 atom stereocenters. The third-order valence-corrected chi connectivity index (χ3v) is 3.83. The van der Waals surface area contributed by atoms with Crippen molar-refractivity contribution in [3.63, 3.8) is 0 Å². The molecule has 1 aliphatic heterocycles. The maximum absolute atomic E-state index is 3.78. The smallest absolute Gasteiger partial charge is 0.0308 e. The first-order chi connectivity index (χ1) is 7.10. The van der Waals surface area contributed by atoms with E-state index in [0.29, 0.717) is 5.54 Å². The second kappa shape index (κ2) is 4.42. The number of hydrogen-bond acceptors (Lipinski definition) is 2. The van der Waals surface area contributed by atoms with Gasteiger partial charge in [-0.15, -0.1) is 0 Å². The first-order valence-corrected chi connectivity index (χ1v) is 6.57. The molecule has 1 saturated heterocycles. The zero-order chi connectivity index (χ0) is 10.9. The molecule has 15 heavy (non-hydrogen) atoms. The zero-order valence-electron chi connectivity index (χ0n) is 10.6. The molecule has 2 rings (SSSR count). The first-order valence-electron chi connectivity index (χ1n) is 6.57. The number of rotatable bonds is 3. The molecule has 0 aromatic rings. The van der Waals surface area contributed by atoms with Gasteiger partial charge in [0, 0.05) is 18.6 Å². The topological polar surface area (TPSA) is 15.3 Å². The Morgan fingerprint density at radius 3 is 2.73 bits per heavy atom. The van der Waals surface area contributed by atoms with Crippen molar-refractivity contribution in [1.82, 2.24) is 10.2 Å². The minimum atomic E-state index is 0.408. The fraction of sp³-hybridized carbons (Fsp3) is 1.00. The van der Waals surface area contributed by atoms with Crippen LogP contribution in [0.15, 0.2) is 0 Å². The van der Waals surface area contributed by atoms with Crippen LogP contribution in [0.2, 0.25) is 0 Å². The zero-order valence-corrected chi connectivity index (χ0v) is 10.6. The SMILES string of the molecule is CC(C)CN1CCCNC(C)(C2CC2)C1. The Labute approximate surface area is 94.4 Å². The van der Waals surface area contributed by atoms with Crippen LogP contribution in [-0.2, 0) is 0 Å². The van der Waals surface area contributed by atoms with E-state index in [2.05, 4.69) is 31.0 Å². The van der Waals surface area contributed by atoms with Crippen LogP contribution in [0.4, 0.5) is 0 Å². The minimum Gasteiger partial charge on any atom is -0.310 e. The molecule has 1 heterocycles. The molecule has 2 fully saturated rings. The maximum Gasteiger partial charge on any atom is 0.0308 e. The number of nitrogens with zero attached hydrogens (tertiary/aromatic N) is 1. The molecule has 1 aliphatic carbocycles. The summed E-state index contributed by atoms with van der Waals surface area (Å²) in [4.78, 5) is 2.67. The number of hydrogen-bond donors (Lipinski definition) is 1. The van der Waals surface area contributed by atoms with E-state index in [9.17, 15) is 0 Å². The summed E-state index contributed by atoms with van der Waals surface area (Å²) in [6.07, 6.45) is 4.20. The van der Waals surface area contributed by atoms with E-state index in [-0.39, 0.29) is 0 Å². The fourth-order valence-corrected chi connectivity index (χ4v) is 2.94. The van der Waals surface area contributed by atoms with Gasteiger partial charge >= 0.3 is 0 Å². The van der Waals surface area contributed by atoms with Gasteiger partial charge in [-0.3, -0.25) is 0 Å². The van der Waals surface area contributed by atoms with E-state index in [0.717, 1.165) is 11.8 Å². The van der Waals surface area contributed by atoms with Gasteiger partial charge in [-0.25, -0.2) is 0 Å². The summed E-state index contributed by atoms with van der Waals surface area (Å²) in [5.41, 5.74) is 0.408. The standard InChI is InChI=1S/C13H26N2/c1-11(2)9-15-8-4-7-14-13(3,10-15)12-5-6-12/h11-12,14H,4-10H2,1-3H3. The number of nitrogens with one attached hydrogen (secondary N) is 1. The van der Waals surface area contributed by atoms with Crippen LogP contribution in [0.5, 0.6) is 0 Å². The van der Waals surface area contributed by atoms with Crippen LogP contribution >= 0.6 is 0 Å². The highest BCUT2D eigenvalue weighted by atomic mass is 15.2. The summed E-state index contributed by atoms with van der Waals surface area (Å²) in [5.74, 6) is 1.75. The molecular weight excluding hydrogens is 184 g/mol. The molecule has 0 bridgehead atoms. The van der Waals surface area contributed by atoms with Crippen molar-refractivity contribution >= 4 is 0 Å². The molecule has 2 aliphatic rings. The highest BCUT2D eigenvalue weighted by molar-refractivity contribution is 5.00. The summed E-state index contributed by atoms with van der Waals surface area (Å²) in [7, 11) is 0. The van der Waals surface area contributed by atoms with E-state index in [1.54, 1.807) is 0 Å². The van der Waals surface area contributed by atoms with Gasteiger partial charge in [0.05, 0.1) is 0 Å². The highest BCUT2D eigenvalue weighted by Gasteiger charge is 2.42. The van der Waals surface area contributed by atoms with Gasteiger partial charge in [-0.2, -0.15) is 0 Å². The van der Waals surface area contributed by atoms with Gasteiger partial charge in [-0.05, 0) is 51.1 Å². The van der Waals surface area contributed by atoms with Crippen molar-refractivity contribution in [1.29, 1.82) is 0 Å². The molecule has 0 aromatic heterocycles. The van der Waals surface area contributed by atoms with Gasteiger partial charge in [0.15, 0.2) is 0 Å². The van der Waals surface area contributed by atoms with Crippen molar-refractivity contribution < 1.29 is 0 Å². The Bertz CT molecular complexity index is 211. The van der Waals surface area contributed by atoms with Crippen molar-refractivity contribution in [2.24, 2.45) is 11.8 Å². The summed E-state index contributed by atoms with van der Waals surface area (Å²) >= 11 is 0. The summed E-state index contributed by atoms with van der Waals surface area (Å²) in [6.45, 7) is 12.1. The van der Waals surface area contributed by atoms with E-state index in [1.807, 2.05) is 0 Å². The molecule has 0 aromatic carbocycles. The summed E-state index contributed by atoms with van der Waals surface area (Å²) in [6, 6.07) is 0. The van der Waals surface area contributed by atoms with Crippen LogP contribution in [0.1, 0.15) is 40.0 Å². The van der Waals surface area contributed by atoms with Gasteiger partial charge in [0.25, 0.3) is 0 Å². The lowest BCUT2D eigenvalue weighted by Crippen LogP contribution is -2.51. The molecule has 88 valence electrons. The largest absolute Gasteiger partial charge is 0.310 e. The molecule has 0 spiro atoms. The quantitative estimate of drug-likeness (QED) is 0.767. The lowest BCUT2D eigenvalue weighted by Gasteiger charge is -2.34. The average molecular weight is 210 g/mol. The monoisotopic (exact) mass is 210 g/mol. The van der Waals surface area contributed by atoms with Gasteiger partial charge in [0.2, 0.25) is 0 Å². The Kier molecular flexibility index (Phi) is 3.36. The molecule has 0 radical (unpaired) electrons. The van der Waals surface area contributed by atoms with E-state index < -0.39 is 0 Å². The Morgan fingerprint density at radius 1 is 1.40 bits per heavy atom. The first kappa shape index (κ1) is 11.4. The molecule has 2 heteroatoms. The van der Waals surface area contributed by atoms with Crippen LogP contribution in [0.25, 0.3) is 0 Å². The predicted octanol–water partition coefficient (Wildman–Crippen LogP) is 2.11. The lowest BCUT2D eigenvalue weighted by molar-refractivity contribution is 0.185. The van der Waals surface area contributed by atoms with E-state index >= 15 is 0 Å². The third kappa shape index (κ3) is 2.94. The third-order valence-electron chi connectivity index (χ3n) is 3.83. The van der Waals surface area contributed by atoms with Crippen LogP contribution in [0, 0.1) is 11.8 Å². The van der Waals surface area contributed by atoms with Crippen molar-refractivity contribution in [2.75, 3.05) is 26.2 Å². The highest BCUT2D eigenvalue weighted by Crippen LogP contribution is 2.40. The maximum atomic E-state index is 3.78. The Hall–Kier alpha value is -0.0800. The average Bonchev–Trinajstić information content (AvgIpc) is 2.91. The predicted molar refractivity (Wildman–Crippen MR) is 65.0 cm³/mol. The van der Waals surface area contributed by atoms with Crippen LogP contribution in [0.3, 0.4) is 0 Å². The van der Waals surface area contributed by atoms with Crippen LogP contribution in [-0.4, -0.2) is 36.6 Å². The van der Waals surface area contributed by atoms with E-state index in [1.165, 1.54) is 45.4 Å². The Morgan fingerprint density at radius 2 is 2.13 bits per heavy atom. The van der Waals surface area contributed by atoms with Crippen molar-refractivity contribution in [3.05, 3.63) is 0 Å². The van der Waals surface area contributed by atoms with Crippen molar-refractivity contribution in [3.8, 4) is 0 Å². The van der Waals surface area contributed by atoms with Crippen LogP contribution < -0.4 is 5.32 Å². The molecule has 2 nitrogen and oxygen atoms in total. The lowest BCUT2D eigenvalue weighted by atomic mass is 9.95. The van der Waals surface area contributed by atoms with Gasteiger partial charge in [-0.1, -0.05) is 13.8 Å². The molecular formula is C13H26N2. The second-order valence-corrected chi connectivity index (χ2v) is 6.10. The fourth-order valence-electron chi connectivity index (χ4n) is 2.94. The normalized spacial score (nSPS) is 34.4. The summed E-state index contributed by atoms with van der Waals surface area (Å²) in [5, 5.41) is 3.78. The molecule has 0 amide bonds. The molecule has 1 N–H and O–H groups in total. The van der Waals surface area contributed by atoms with E-state index in [4.69, 9.17) is 0 Å². The minimum absolute atomic E-state index is 0.408. The summed E-state index contributed by atoms with van der Waals surface area (Å²) < 4.78 is 0. The second-order valence-electron chi connectivity index (χ2n) is 6.10. The van der Waals surface area contributed by atoms with Gasteiger partial charge in [0.1, 0.15) is 0 Å². The van der Waals surface area contributed by atoms with Gasteiger partial charge < -0.3 is 10.2 Å².